The van der Waals surface area contributed by atoms with Crippen molar-refractivity contribution < 1.29 is 31.4 Å². The summed E-state index contributed by atoms with van der Waals surface area (Å²) in [4.78, 5) is 1.81. The summed E-state index contributed by atoms with van der Waals surface area (Å²) in [5.41, 5.74) is -0.543. The maximum absolute atomic E-state index is 13.6. The van der Waals surface area contributed by atoms with Crippen LogP contribution < -0.4 is 0 Å². The first kappa shape index (κ1) is 26.1. The standard InChI is InChI=1S/C26H29F6NO/c1-16(2)19-4-6-20(7-5-19)24-13-18(12-17(3)34)10-11-33(24)15-21-14-22(25(27,28)29)8-9-23(21)26(30,31)32/h4-9,14,16,18,24,34H,3,10-13,15H2,1-2H3/t18-,24-/m1/s1. The van der Waals surface area contributed by atoms with Crippen LogP contribution in [0.1, 0.15) is 72.9 Å². The van der Waals surface area contributed by atoms with Gasteiger partial charge >= 0.3 is 12.4 Å². The number of nitrogens with zero attached hydrogens (tertiary/aromatic N) is 1. The molecule has 0 radical (unpaired) electrons. The van der Waals surface area contributed by atoms with Crippen molar-refractivity contribution in [3.8, 4) is 0 Å². The van der Waals surface area contributed by atoms with E-state index in [0.29, 0.717) is 49.9 Å². The van der Waals surface area contributed by atoms with Crippen LogP contribution in [0, 0.1) is 5.92 Å². The summed E-state index contributed by atoms with van der Waals surface area (Å²) in [6.07, 6.45) is -7.96. The van der Waals surface area contributed by atoms with Gasteiger partial charge in [0.2, 0.25) is 0 Å². The highest BCUT2D eigenvalue weighted by Crippen LogP contribution is 2.41. The summed E-state index contributed by atoms with van der Waals surface area (Å²) in [5.74, 6) is 0.429. The zero-order valence-electron chi connectivity index (χ0n) is 19.2. The number of aliphatic hydroxyl groups excluding tert-OH is 1. The Morgan fingerprint density at radius 3 is 2.21 bits per heavy atom. The van der Waals surface area contributed by atoms with Gasteiger partial charge in [-0.15, -0.1) is 0 Å². The predicted octanol–water partition coefficient (Wildman–Crippen LogP) is 8.26. The van der Waals surface area contributed by atoms with E-state index in [4.69, 9.17) is 0 Å². The van der Waals surface area contributed by atoms with Crippen molar-refractivity contribution in [3.63, 3.8) is 0 Å². The molecule has 2 aromatic carbocycles. The molecule has 1 N–H and O–H groups in total. The summed E-state index contributed by atoms with van der Waals surface area (Å²) >= 11 is 0. The highest BCUT2D eigenvalue weighted by Gasteiger charge is 2.38. The molecule has 1 aliphatic heterocycles. The van der Waals surface area contributed by atoms with E-state index in [-0.39, 0.29) is 24.3 Å². The predicted molar refractivity (Wildman–Crippen MR) is 119 cm³/mol. The third-order valence-electron chi connectivity index (χ3n) is 6.45. The molecule has 1 saturated heterocycles. The molecule has 186 valence electrons. The van der Waals surface area contributed by atoms with E-state index in [9.17, 15) is 31.4 Å². The zero-order chi connectivity index (χ0) is 25.3. The second-order valence-electron chi connectivity index (χ2n) is 9.34. The van der Waals surface area contributed by atoms with Crippen LogP contribution in [0.4, 0.5) is 26.3 Å². The highest BCUT2D eigenvalue weighted by atomic mass is 19.4. The van der Waals surface area contributed by atoms with Crippen LogP contribution in [0.3, 0.4) is 0 Å². The number of hydrogen-bond acceptors (Lipinski definition) is 2. The fraction of sp³-hybridized carbons (Fsp3) is 0.462. The molecular formula is C26H29F6NO. The van der Waals surface area contributed by atoms with Crippen molar-refractivity contribution in [2.24, 2.45) is 5.92 Å². The molecular weight excluding hydrogens is 456 g/mol. The number of halogens is 6. The summed E-state index contributed by atoms with van der Waals surface area (Å²) < 4.78 is 80.7. The van der Waals surface area contributed by atoms with Crippen LogP contribution in [0.15, 0.2) is 54.8 Å². The number of alkyl halides is 6. The Morgan fingerprint density at radius 1 is 1.03 bits per heavy atom. The van der Waals surface area contributed by atoms with E-state index in [0.717, 1.165) is 11.1 Å². The second-order valence-corrected chi connectivity index (χ2v) is 9.34. The summed E-state index contributed by atoms with van der Waals surface area (Å²) in [6.45, 7) is 7.78. The fourth-order valence-electron chi connectivity index (χ4n) is 4.64. The first-order valence-electron chi connectivity index (χ1n) is 11.2. The minimum atomic E-state index is -4.76. The number of hydrogen-bond donors (Lipinski definition) is 1. The second kappa shape index (κ2) is 10.0. The number of piperidine rings is 1. The van der Waals surface area contributed by atoms with Crippen LogP contribution in [-0.2, 0) is 18.9 Å². The van der Waals surface area contributed by atoms with Gasteiger partial charge in [-0.3, -0.25) is 4.90 Å². The van der Waals surface area contributed by atoms with E-state index in [1.165, 1.54) is 0 Å². The van der Waals surface area contributed by atoms with Crippen molar-refractivity contribution in [1.82, 2.24) is 4.90 Å². The Hall–Kier alpha value is -2.48. The number of benzene rings is 2. The average molecular weight is 486 g/mol. The normalized spacial score (nSPS) is 20.0. The Balaban J connectivity index is 1.98. The molecule has 34 heavy (non-hydrogen) atoms. The first-order chi connectivity index (χ1) is 15.8. The van der Waals surface area contributed by atoms with Gasteiger partial charge in [0.25, 0.3) is 0 Å². The number of aliphatic hydroxyl groups is 1. The molecule has 0 saturated carbocycles. The molecule has 8 heteroatoms. The Labute approximate surface area is 195 Å². The van der Waals surface area contributed by atoms with Crippen LogP contribution in [0.25, 0.3) is 0 Å². The molecule has 3 rings (SSSR count). The molecule has 0 aromatic heterocycles. The molecule has 1 fully saturated rings. The Bertz CT molecular complexity index is 994. The number of allylic oxidation sites excluding steroid dienone is 1. The summed E-state index contributed by atoms with van der Waals surface area (Å²) in [7, 11) is 0. The van der Waals surface area contributed by atoms with Gasteiger partial charge in [-0.05, 0) is 66.1 Å². The van der Waals surface area contributed by atoms with Gasteiger partial charge in [0.1, 0.15) is 0 Å². The number of rotatable bonds is 6. The van der Waals surface area contributed by atoms with Crippen molar-refractivity contribution in [2.75, 3.05) is 6.54 Å². The average Bonchev–Trinajstić information content (AvgIpc) is 2.73. The van der Waals surface area contributed by atoms with E-state index in [2.05, 4.69) is 20.4 Å². The lowest BCUT2D eigenvalue weighted by Crippen LogP contribution is -2.37. The minimum Gasteiger partial charge on any atom is -0.513 e. The highest BCUT2D eigenvalue weighted by molar-refractivity contribution is 5.36. The third-order valence-corrected chi connectivity index (χ3v) is 6.45. The third kappa shape index (κ3) is 6.34. The van der Waals surface area contributed by atoms with Crippen molar-refractivity contribution in [1.29, 1.82) is 0 Å². The van der Waals surface area contributed by atoms with Crippen LogP contribution in [0.5, 0.6) is 0 Å². The molecule has 2 aromatic rings. The summed E-state index contributed by atoms with van der Waals surface area (Å²) in [6, 6.07) is 9.12. The molecule has 1 heterocycles. The van der Waals surface area contributed by atoms with Crippen molar-refractivity contribution >= 4 is 0 Å². The molecule has 2 nitrogen and oxygen atoms in total. The van der Waals surface area contributed by atoms with Gasteiger partial charge in [0.05, 0.1) is 16.9 Å². The summed E-state index contributed by atoms with van der Waals surface area (Å²) in [5, 5.41) is 9.65. The smallest absolute Gasteiger partial charge is 0.416 e. The SMILES string of the molecule is C=C(O)C[C@H]1CCN(Cc2cc(C(F)(F)F)ccc2C(F)(F)F)[C@@H](c2ccc(C(C)C)cc2)C1. The lowest BCUT2D eigenvalue weighted by molar-refractivity contribution is -0.142. The number of likely N-dealkylation sites (tertiary alicyclic amines) is 1. The quantitative estimate of drug-likeness (QED) is 0.329. The molecule has 0 amide bonds. The van der Waals surface area contributed by atoms with Crippen molar-refractivity contribution in [3.05, 3.63) is 82.6 Å². The van der Waals surface area contributed by atoms with Crippen molar-refractivity contribution in [2.45, 2.75) is 64.0 Å². The fourth-order valence-corrected chi connectivity index (χ4v) is 4.64. The Morgan fingerprint density at radius 2 is 1.68 bits per heavy atom. The molecule has 0 unspecified atom stereocenters. The van der Waals surface area contributed by atoms with E-state index >= 15 is 0 Å². The molecule has 0 spiro atoms. The maximum atomic E-state index is 13.6. The van der Waals surface area contributed by atoms with Crippen LogP contribution >= 0.6 is 0 Å². The topological polar surface area (TPSA) is 23.5 Å². The maximum Gasteiger partial charge on any atom is 0.416 e. The monoisotopic (exact) mass is 485 g/mol. The van der Waals surface area contributed by atoms with Gasteiger partial charge in [0, 0.05) is 19.0 Å². The lowest BCUT2D eigenvalue weighted by atomic mass is 9.84. The van der Waals surface area contributed by atoms with E-state index in [1.54, 1.807) is 0 Å². The van der Waals surface area contributed by atoms with Crippen LogP contribution in [0.2, 0.25) is 0 Å². The lowest BCUT2D eigenvalue weighted by Gasteiger charge is -2.40. The Kier molecular flexibility index (Phi) is 7.70. The van der Waals surface area contributed by atoms with E-state index < -0.39 is 29.0 Å². The first-order valence-corrected chi connectivity index (χ1v) is 11.2. The molecule has 1 aliphatic rings. The van der Waals surface area contributed by atoms with Gasteiger partial charge in [-0.2, -0.15) is 26.3 Å². The van der Waals surface area contributed by atoms with Crippen LogP contribution in [-0.4, -0.2) is 16.6 Å². The minimum absolute atomic E-state index is 0.0459. The van der Waals surface area contributed by atoms with Gasteiger partial charge < -0.3 is 5.11 Å². The molecule has 0 aliphatic carbocycles. The van der Waals surface area contributed by atoms with Gasteiger partial charge in [0.15, 0.2) is 0 Å². The van der Waals surface area contributed by atoms with Gasteiger partial charge in [-0.25, -0.2) is 0 Å². The molecule has 2 atom stereocenters. The van der Waals surface area contributed by atoms with Gasteiger partial charge in [-0.1, -0.05) is 44.7 Å². The largest absolute Gasteiger partial charge is 0.513 e. The molecule has 0 bridgehead atoms. The zero-order valence-corrected chi connectivity index (χ0v) is 19.2. The van der Waals surface area contributed by atoms with E-state index in [1.807, 2.05) is 29.2 Å².